The summed E-state index contributed by atoms with van der Waals surface area (Å²) < 4.78 is 36.7. The Bertz CT molecular complexity index is 1180. The van der Waals surface area contributed by atoms with Crippen LogP contribution in [0.5, 0.6) is 5.88 Å². The van der Waals surface area contributed by atoms with E-state index in [-0.39, 0.29) is 17.8 Å². The fraction of sp³-hybridized carbons (Fsp3) is 0.333. The molecule has 0 bridgehead atoms. The molecule has 1 aromatic carbocycles. The van der Waals surface area contributed by atoms with E-state index in [2.05, 4.69) is 47.5 Å². The summed E-state index contributed by atoms with van der Waals surface area (Å²) in [6.07, 6.45) is 5.42. The number of halogens is 2. The van der Waals surface area contributed by atoms with Gasteiger partial charge in [-0.25, -0.2) is 19.7 Å². The van der Waals surface area contributed by atoms with Crippen molar-refractivity contribution in [3.63, 3.8) is 0 Å². The molecular formula is C21H21F2N7O2. The van der Waals surface area contributed by atoms with Crippen molar-refractivity contribution in [2.45, 2.75) is 38.7 Å². The maximum Gasteiger partial charge on any atom is 0.388 e. The molecule has 3 heterocycles. The van der Waals surface area contributed by atoms with Crippen molar-refractivity contribution in [2.75, 3.05) is 5.32 Å². The first-order valence-electron chi connectivity index (χ1n) is 10.2. The highest BCUT2D eigenvalue weighted by Gasteiger charge is 2.30. The number of ether oxygens (including phenoxy) is 2. The Labute approximate surface area is 181 Å². The second-order valence-electron chi connectivity index (χ2n) is 7.67. The van der Waals surface area contributed by atoms with E-state index in [1.165, 1.54) is 17.8 Å². The van der Waals surface area contributed by atoms with E-state index in [0.29, 0.717) is 29.5 Å². The smallest absolute Gasteiger partial charge is 0.388 e. The Kier molecular flexibility index (Phi) is 5.63. The fourth-order valence-electron chi connectivity index (χ4n) is 3.69. The first-order valence-corrected chi connectivity index (χ1v) is 10.2. The zero-order chi connectivity index (χ0) is 21.9. The molecule has 0 unspecified atom stereocenters. The first kappa shape index (κ1) is 20.3. The van der Waals surface area contributed by atoms with Gasteiger partial charge in [-0.2, -0.15) is 19.0 Å². The van der Waals surface area contributed by atoms with Crippen molar-refractivity contribution in [3.8, 4) is 5.88 Å². The van der Waals surface area contributed by atoms with Crippen LogP contribution in [0.15, 0.2) is 48.8 Å². The van der Waals surface area contributed by atoms with E-state index in [1.807, 2.05) is 22.9 Å². The zero-order valence-corrected chi connectivity index (χ0v) is 17.0. The van der Waals surface area contributed by atoms with Crippen LogP contribution >= 0.6 is 0 Å². The number of alkyl halides is 2. The number of hydrogen-bond donors (Lipinski definition) is 2. The molecule has 3 aromatic heterocycles. The van der Waals surface area contributed by atoms with Gasteiger partial charge in [-0.05, 0) is 24.3 Å². The Morgan fingerprint density at radius 3 is 2.81 bits per heavy atom. The van der Waals surface area contributed by atoms with Crippen LogP contribution in [0.25, 0.3) is 11.2 Å². The Morgan fingerprint density at radius 2 is 2.00 bits per heavy atom. The number of nitrogens with zero attached hydrogens (tertiary/aromatic N) is 5. The number of aromatic amines is 1. The summed E-state index contributed by atoms with van der Waals surface area (Å²) >= 11 is 0. The van der Waals surface area contributed by atoms with Crippen molar-refractivity contribution in [1.82, 2.24) is 29.9 Å². The molecule has 0 amide bonds. The minimum Gasteiger partial charge on any atom is -0.417 e. The van der Waals surface area contributed by atoms with E-state index >= 15 is 0 Å². The molecule has 1 saturated carbocycles. The van der Waals surface area contributed by atoms with Gasteiger partial charge in [0.05, 0.1) is 25.1 Å². The SMILES string of the molecule is FC(F)Oc1cc(Nc2cnc3cnn(CC4CC(OCc5ccccc5)C4)c3n2)n[nH]1. The van der Waals surface area contributed by atoms with Gasteiger partial charge in [0, 0.05) is 12.6 Å². The van der Waals surface area contributed by atoms with Crippen LogP contribution in [0.1, 0.15) is 18.4 Å². The third kappa shape index (κ3) is 4.67. The Balaban J connectivity index is 1.18. The molecule has 0 aliphatic heterocycles. The molecule has 1 aliphatic rings. The van der Waals surface area contributed by atoms with E-state index < -0.39 is 6.61 Å². The van der Waals surface area contributed by atoms with E-state index in [4.69, 9.17) is 4.74 Å². The lowest BCUT2D eigenvalue weighted by Crippen LogP contribution is -2.34. The number of anilines is 2. The zero-order valence-electron chi connectivity index (χ0n) is 17.0. The predicted octanol–water partition coefficient (Wildman–Crippen LogP) is 3.89. The van der Waals surface area contributed by atoms with Gasteiger partial charge in [-0.3, -0.25) is 0 Å². The predicted molar refractivity (Wildman–Crippen MR) is 112 cm³/mol. The van der Waals surface area contributed by atoms with E-state index in [1.54, 1.807) is 6.20 Å². The Morgan fingerprint density at radius 1 is 1.16 bits per heavy atom. The lowest BCUT2D eigenvalue weighted by molar-refractivity contribution is -0.0528. The van der Waals surface area contributed by atoms with Crippen LogP contribution < -0.4 is 10.1 Å². The average Bonchev–Trinajstić information content (AvgIpc) is 3.36. The molecule has 5 rings (SSSR count). The quantitative estimate of drug-likeness (QED) is 0.406. The molecule has 0 saturated heterocycles. The van der Waals surface area contributed by atoms with Crippen molar-refractivity contribution in [2.24, 2.45) is 5.92 Å². The van der Waals surface area contributed by atoms with Gasteiger partial charge >= 0.3 is 6.61 Å². The van der Waals surface area contributed by atoms with Crippen molar-refractivity contribution >= 4 is 22.8 Å². The minimum absolute atomic E-state index is 0.143. The normalized spacial score (nSPS) is 18.1. The second kappa shape index (κ2) is 8.87. The van der Waals surface area contributed by atoms with Gasteiger partial charge in [0.25, 0.3) is 0 Å². The molecule has 166 valence electrons. The summed E-state index contributed by atoms with van der Waals surface area (Å²) in [5, 5.41) is 13.6. The molecule has 0 radical (unpaired) electrons. The molecule has 11 heteroatoms. The maximum absolute atomic E-state index is 12.3. The summed E-state index contributed by atoms with van der Waals surface area (Å²) in [6.45, 7) is -1.58. The molecule has 0 atom stereocenters. The molecule has 9 nitrogen and oxygen atoms in total. The second-order valence-corrected chi connectivity index (χ2v) is 7.67. The van der Waals surface area contributed by atoms with Gasteiger partial charge in [-0.1, -0.05) is 30.3 Å². The van der Waals surface area contributed by atoms with Gasteiger partial charge in [0.1, 0.15) is 5.52 Å². The molecule has 0 spiro atoms. The minimum atomic E-state index is -2.93. The summed E-state index contributed by atoms with van der Waals surface area (Å²) in [5.41, 5.74) is 2.49. The monoisotopic (exact) mass is 441 g/mol. The molecular weight excluding hydrogens is 420 g/mol. The summed E-state index contributed by atoms with van der Waals surface area (Å²) in [4.78, 5) is 8.92. The highest BCUT2D eigenvalue weighted by Crippen LogP contribution is 2.32. The summed E-state index contributed by atoms with van der Waals surface area (Å²) in [7, 11) is 0. The van der Waals surface area contributed by atoms with Crippen LogP contribution in [-0.4, -0.2) is 42.7 Å². The molecule has 4 aromatic rings. The lowest BCUT2D eigenvalue weighted by Gasteiger charge is -2.35. The van der Waals surface area contributed by atoms with Gasteiger partial charge in [0.2, 0.25) is 5.88 Å². The summed E-state index contributed by atoms with van der Waals surface area (Å²) in [5.74, 6) is 1.03. The first-order chi connectivity index (χ1) is 15.6. The van der Waals surface area contributed by atoms with Crippen molar-refractivity contribution in [1.29, 1.82) is 0 Å². The topological polar surface area (TPSA) is 103 Å². The molecule has 1 fully saturated rings. The van der Waals surface area contributed by atoms with Gasteiger partial charge in [-0.15, -0.1) is 0 Å². The standard InChI is InChI=1S/C21H21F2N7O2/c22-21(23)32-19-8-17(28-29-19)26-18-10-24-16-9-25-30(20(16)27-18)11-14-6-15(7-14)31-12-13-4-2-1-3-5-13/h1-5,8-10,14-15,21H,6-7,11-12H2,(H2,26,27,28,29). The summed E-state index contributed by atoms with van der Waals surface area (Å²) in [6, 6.07) is 11.5. The van der Waals surface area contributed by atoms with Crippen LogP contribution in [0, 0.1) is 5.92 Å². The molecule has 2 N–H and O–H groups in total. The van der Waals surface area contributed by atoms with Crippen LogP contribution in [0.3, 0.4) is 0 Å². The highest BCUT2D eigenvalue weighted by molar-refractivity contribution is 5.71. The third-order valence-electron chi connectivity index (χ3n) is 5.32. The molecule has 1 aliphatic carbocycles. The van der Waals surface area contributed by atoms with Crippen LogP contribution in [0.2, 0.25) is 0 Å². The van der Waals surface area contributed by atoms with Gasteiger partial charge in [0.15, 0.2) is 17.3 Å². The lowest BCUT2D eigenvalue weighted by atomic mass is 9.82. The third-order valence-corrected chi connectivity index (χ3v) is 5.32. The van der Waals surface area contributed by atoms with Crippen molar-refractivity contribution < 1.29 is 18.3 Å². The largest absolute Gasteiger partial charge is 0.417 e. The number of benzene rings is 1. The van der Waals surface area contributed by atoms with Crippen molar-refractivity contribution in [3.05, 3.63) is 54.4 Å². The van der Waals surface area contributed by atoms with Crippen LogP contribution in [-0.2, 0) is 17.9 Å². The average molecular weight is 441 g/mol. The van der Waals surface area contributed by atoms with E-state index in [0.717, 1.165) is 19.4 Å². The highest BCUT2D eigenvalue weighted by atomic mass is 19.3. The van der Waals surface area contributed by atoms with Crippen LogP contribution in [0.4, 0.5) is 20.4 Å². The Hall–Kier alpha value is -3.60. The number of nitrogens with one attached hydrogen (secondary N) is 2. The number of hydrogen-bond acceptors (Lipinski definition) is 7. The number of rotatable bonds is 9. The van der Waals surface area contributed by atoms with Gasteiger partial charge < -0.3 is 14.8 Å². The maximum atomic E-state index is 12.3. The number of aromatic nitrogens is 6. The molecule has 32 heavy (non-hydrogen) atoms. The van der Waals surface area contributed by atoms with E-state index in [9.17, 15) is 8.78 Å². The fourth-order valence-corrected chi connectivity index (χ4v) is 3.69. The number of H-pyrrole nitrogens is 1. The number of fused-ring (bicyclic) bond motifs is 1.